The molecule has 0 aromatic heterocycles. The van der Waals surface area contributed by atoms with Gasteiger partial charge in [0, 0.05) is 17.7 Å². The normalized spacial score (nSPS) is 15.8. The van der Waals surface area contributed by atoms with Crippen LogP contribution in [-0.2, 0) is 0 Å². The Morgan fingerprint density at radius 3 is 2.28 bits per heavy atom. The van der Waals surface area contributed by atoms with Gasteiger partial charge in [-0.05, 0) is 57.2 Å². The Kier molecular flexibility index (Phi) is 5.28. The van der Waals surface area contributed by atoms with Crippen molar-refractivity contribution in [1.82, 2.24) is 4.90 Å². The van der Waals surface area contributed by atoms with E-state index < -0.39 is 17.5 Å². The lowest BCUT2D eigenvalue weighted by Gasteiger charge is -2.30. The van der Waals surface area contributed by atoms with E-state index in [2.05, 4.69) is 22.6 Å². The van der Waals surface area contributed by atoms with Crippen LogP contribution in [0, 0.1) is 11.6 Å². The summed E-state index contributed by atoms with van der Waals surface area (Å²) in [7, 11) is 2.10. The summed E-state index contributed by atoms with van der Waals surface area (Å²) in [4.78, 5) is 14.6. The van der Waals surface area contributed by atoms with Gasteiger partial charge in [0.05, 0.1) is 11.4 Å². The van der Waals surface area contributed by atoms with Crippen molar-refractivity contribution in [3.8, 4) is 0 Å². The Bertz CT molecular complexity index is 738. The summed E-state index contributed by atoms with van der Waals surface area (Å²) >= 11 is 0. The number of nitrogens with one attached hydrogen (secondary N) is 2. The minimum atomic E-state index is -0.775. The number of hydrogen-bond donors (Lipinski definition) is 2. The number of anilines is 2. The Balaban J connectivity index is 1.73. The number of halogens is 2. The first kappa shape index (κ1) is 17.4. The van der Waals surface area contributed by atoms with Crippen LogP contribution in [-0.4, -0.2) is 37.0 Å². The van der Waals surface area contributed by atoms with Crippen molar-refractivity contribution in [3.63, 3.8) is 0 Å². The van der Waals surface area contributed by atoms with Gasteiger partial charge in [-0.3, -0.25) is 4.79 Å². The fraction of sp³-hybridized carbons (Fsp3) is 0.316. The molecular formula is C19H21F2N3O. The molecule has 0 radical (unpaired) electrons. The van der Waals surface area contributed by atoms with E-state index in [1.807, 2.05) is 18.2 Å². The number of amides is 1. The molecule has 3 rings (SSSR count). The van der Waals surface area contributed by atoms with Gasteiger partial charge < -0.3 is 15.5 Å². The van der Waals surface area contributed by atoms with E-state index >= 15 is 0 Å². The summed E-state index contributed by atoms with van der Waals surface area (Å²) in [6.07, 6.45) is 2.04. The number of carbonyl (C=O) groups is 1. The predicted molar refractivity (Wildman–Crippen MR) is 94.9 cm³/mol. The van der Waals surface area contributed by atoms with Crippen molar-refractivity contribution in [1.29, 1.82) is 0 Å². The molecule has 0 bridgehead atoms. The van der Waals surface area contributed by atoms with Crippen molar-refractivity contribution in [3.05, 3.63) is 59.7 Å². The van der Waals surface area contributed by atoms with Gasteiger partial charge in [-0.2, -0.15) is 0 Å². The smallest absolute Gasteiger partial charge is 0.255 e. The summed E-state index contributed by atoms with van der Waals surface area (Å²) in [6.45, 7) is 2.05. The molecule has 0 atom stereocenters. The first-order valence-corrected chi connectivity index (χ1v) is 8.33. The standard InChI is InChI=1S/C19H21F2N3O/c1-24-8-6-16(7-9-24)22-17-4-2-3-5-18(17)23-19(25)13-10-14(20)12-15(21)11-13/h2-5,10-12,16,22H,6-9H2,1H3,(H,23,25). The molecule has 1 saturated heterocycles. The van der Waals surface area contributed by atoms with E-state index in [1.165, 1.54) is 0 Å². The van der Waals surface area contributed by atoms with Gasteiger partial charge in [0.25, 0.3) is 5.91 Å². The number of benzene rings is 2. The van der Waals surface area contributed by atoms with Gasteiger partial charge in [-0.1, -0.05) is 12.1 Å². The second kappa shape index (κ2) is 7.61. The van der Waals surface area contributed by atoms with Crippen LogP contribution >= 0.6 is 0 Å². The number of hydrogen-bond acceptors (Lipinski definition) is 3. The molecule has 25 heavy (non-hydrogen) atoms. The number of carbonyl (C=O) groups excluding carboxylic acids is 1. The average molecular weight is 345 g/mol. The van der Waals surface area contributed by atoms with Crippen LogP contribution in [0.25, 0.3) is 0 Å². The van der Waals surface area contributed by atoms with Crippen LogP contribution in [0.2, 0.25) is 0 Å². The van der Waals surface area contributed by atoms with Crippen molar-refractivity contribution >= 4 is 17.3 Å². The highest BCUT2D eigenvalue weighted by Crippen LogP contribution is 2.25. The minimum absolute atomic E-state index is 0.0494. The van der Waals surface area contributed by atoms with Crippen molar-refractivity contribution < 1.29 is 13.6 Å². The summed E-state index contributed by atoms with van der Waals surface area (Å²) in [6, 6.07) is 10.5. The van der Waals surface area contributed by atoms with Gasteiger partial charge in [0.1, 0.15) is 11.6 Å². The topological polar surface area (TPSA) is 44.4 Å². The zero-order chi connectivity index (χ0) is 17.8. The Hall–Kier alpha value is -2.47. The lowest BCUT2D eigenvalue weighted by molar-refractivity contribution is 0.102. The highest BCUT2D eigenvalue weighted by molar-refractivity contribution is 6.05. The molecule has 2 aromatic carbocycles. The molecule has 2 N–H and O–H groups in total. The number of para-hydroxylation sites is 2. The highest BCUT2D eigenvalue weighted by Gasteiger charge is 2.18. The third kappa shape index (κ3) is 4.54. The first-order chi connectivity index (χ1) is 12.0. The van der Waals surface area contributed by atoms with Gasteiger partial charge in [-0.25, -0.2) is 8.78 Å². The molecule has 0 aliphatic carbocycles. The molecule has 1 amide bonds. The molecule has 2 aromatic rings. The Morgan fingerprint density at radius 2 is 1.64 bits per heavy atom. The molecule has 132 valence electrons. The average Bonchev–Trinajstić information content (AvgIpc) is 2.58. The molecule has 1 heterocycles. The fourth-order valence-corrected chi connectivity index (χ4v) is 2.97. The summed E-state index contributed by atoms with van der Waals surface area (Å²) in [5.74, 6) is -2.10. The zero-order valence-corrected chi connectivity index (χ0v) is 14.1. The summed E-state index contributed by atoms with van der Waals surface area (Å²) in [5, 5.41) is 6.19. The third-order valence-electron chi connectivity index (χ3n) is 4.38. The molecule has 0 spiro atoms. The lowest BCUT2D eigenvalue weighted by atomic mass is 10.0. The number of rotatable bonds is 4. The predicted octanol–water partition coefficient (Wildman–Crippen LogP) is 3.72. The van der Waals surface area contributed by atoms with Crippen LogP contribution in [0.4, 0.5) is 20.2 Å². The maximum Gasteiger partial charge on any atom is 0.255 e. The molecule has 4 nitrogen and oxygen atoms in total. The number of likely N-dealkylation sites (tertiary alicyclic amines) is 1. The van der Waals surface area contributed by atoms with E-state index in [0.29, 0.717) is 11.7 Å². The lowest BCUT2D eigenvalue weighted by Crippen LogP contribution is -2.36. The van der Waals surface area contributed by atoms with E-state index in [-0.39, 0.29) is 5.56 Å². The maximum absolute atomic E-state index is 13.3. The fourth-order valence-electron chi connectivity index (χ4n) is 2.97. The van der Waals surface area contributed by atoms with Crippen molar-refractivity contribution in [2.24, 2.45) is 0 Å². The number of nitrogens with zero attached hydrogens (tertiary/aromatic N) is 1. The van der Waals surface area contributed by atoms with Gasteiger partial charge in [0.2, 0.25) is 0 Å². The highest BCUT2D eigenvalue weighted by atomic mass is 19.1. The van der Waals surface area contributed by atoms with Crippen LogP contribution in [0.3, 0.4) is 0 Å². The summed E-state index contributed by atoms with van der Waals surface area (Å²) in [5.41, 5.74) is 1.35. The third-order valence-corrected chi connectivity index (χ3v) is 4.38. The Morgan fingerprint density at radius 1 is 1.04 bits per heavy atom. The first-order valence-electron chi connectivity index (χ1n) is 8.33. The van der Waals surface area contributed by atoms with Crippen molar-refractivity contribution in [2.75, 3.05) is 30.8 Å². The Labute approximate surface area is 145 Å². The molecular weight excluding hydrogens is 324 g/mol. The largest absolute Gasteiger partial charge is 0.381 e. The molecule has 0 unspecified atom stereocenters. The molecule has 1 aliphatic heterocycles. The summed E-state index contributed by atoms with van der Waals surface area (Å²) < 4.78 is 26.6. The van der Waals surface area contributed by atoms with Gasteiger partial charge >= 0.3 is 0 Å². The van der Waals surface area contributed by atoms with Crippen LogP contribution in [0.15, 0.2) is 42.5 Å². The molecule has 1 fully saturated rings. The van der Waals surface area contributed by atoms with Gasteiger partial charge in [-0.15, -0.1) is 0 Å². The van der Waals surface area contributed by atoms with Crippen LogP contribution < -0.4 is 10.6 Å². The van der Waals surface area contributed by atoms with Gasteiger partial charge in [0.15, 0.2) is 0 Å². The van der Waals surface area contributed by atoms with Crippen molar-refractivity contribution in [2.45, 2.75) is 18.9 Å². The van der Waals surface area contributed by atoms with E-state index in [1.54, 1.807) is 6.07 Å². The number of piperidine rings is 1. The zero-order valence-electron chi connectivity index (χ0n) is 14.1. The second-order valence-corrected chi connectivity index (χ2v) is 6.38. The van der Waals surface area contributed by atoms with E-state index in [4.69, 9.17) is 0 Å². The van der Waals surface area contributed by atoms with E-state index in [9.17, 15) is 13.6 Å². The quantitative estimate of drug-likeness (QED) is 0.888. The molecule has 0 saturated carbocycles. The van der Waals surface area contributed by atoms with Crippen LogP contribution in [0.1, 0.15) is 23.2 Å². The van der Waals surface area contributed by atoms with Crippen LogP contribution in [0.5, 0.6) is 0 Å². The molecule has 6 heteroatoms. The van der Waals surface area contributed by atoms with E-state index in [0.717, 1.165) is 49.8 Å². The second-order valence-electron chi connectivity index (χ2n) is 6.38. The molecule has 1 aliphatic rings. The maximum atomic E-state index is 13.3. The SMILES string of the molecule is CN1CCC(Nc2ccccc2NC(=O)c2cc(F)cc(F)c2)CC1. The minimum Gasteiger partial charge on any atom is -0.381 e. The monoisotopic (exact) mass is 345 g/mol.